The van der Waals surface area contributed by atoms with E-state index in [-0.39, 0.29) is 125 Å². The Morgan fingerprint density at radius 3 is 1.09 bits per heavy atom. The van der Waals surface area contributed by atoms with E-state index in [0.29, 0.717) is 68.4 Å². The number of rotatable bonds is 28. The van der Waals surface area contributed by atoms with Crippen LogP contribution < -0.4 is 60.6 Å². The minimum absolute atomic E-state index is 0. The maximum atomic E-state index is 12.3. The van der Waals surface area contributed by atoms with Crippen molar-refractivity contribution in [3.63, 3.8) is 0 Å². The number of hydrogen-bond donors (Lipinski definition) is 8. The molecule has 3 radical (unpaired) electrons. The first-order chi connectivity index (χ1) is 64.5. The number of aryl methyl sites for hydroxylation is 8. The number of imide groups is 1. The van der Waals surface area contributed by atoms with Crippen LogP contribution in [-0.4, -0.2) is 220 Å². The number of carbonyl (C=O) groups is 9. The molecule has 38 heteroatoms. The third-order valence-electron chi connectivity index (χ3n) is 23.5. The molecule has 5 aliphatic rings. The van der Waals surface area contributed by atoms with Crippen LogP contribution in [0.15, 0.2) is 266 Å². The Hall–Kier alpha value is -9.45. The first-order valence-electron chi connectivity index (χ1n) is 44.2. The van der Waals surface area contributed by atoms with Crippen LogP contribution in [0.25, 0.3) is 11.1 Å². The predicted molar refractivity (Wildman–Crippen MR) is 605 cm³/mol. The van der Waals surface area contributed by atoms with Gasteiger partial charge >= 0.3 is 35.1 Å². The first kappa shape index (κ1) is 135. The van der Waals surface area contributed by atoms with E-state index in [1.54, 1.807) is 56.2 Å². The summed E-state index contributed by atoms with van der Waals surface area (Å²) in [6.45, 7) is 12.3. The van der Waals surface area contributed by atoms with E-state index in [2.05, 4.69) is 181 Å². The molecule has 144 heavy (non-hydrogen) atoms. The largest absolute Gasteiger partial charge is 2.00 e. The molecule has 2 fully saturated rings. The summed E-state index contributed by atoms with van der Waals surface area (Å²) in [6.07, 6.45) is 11.0. The van der Waals surface area contributed by atoms with E-state index in [1.807, 2.05) is 198 Å². The Bertz CT molecular complexity index is 5880. The molecule has 5 aliphatic heterocycles. The number of carboxylic acid groups (broad SMARTS) is 1. The molecule has 0 aliphatic carbocycles. The summed E-state index contributed by atoms with van der Waals surface area (Å²) in [5, 5.41) is 18.6. The fourth-order valence-corrected chi connectivity index (χ4v) is 17.6. The number of hydroxylamine groups is 2. The van der Waals surface area contributed by atoms with Crippen LogP contribution in [0, 0.1) is 7.43 Å². The van der Waals surface area contributed by atoms with Gasteiger partial charge in [0.05, 0.1) is 14.2 Å². The zero-order chi connectivity index (χ0) is 101. The number of aliphatic carboxylic acids is 1. The van der Waals surface area contributed by atoms with Crippen molar-refractivity contribution in [2.75, 3.05) is 49.5 Å². The normalized spacial score (nSPS) is 18.3. The third-order valence-corrected chi connectivity index (χ3v) is 26.8. The summed E-state index contributed by atoms with van der Waals surface area (Å²) >= 11 is 25.5. The zero-order valence-corrected chi connectivity index (χ0v) is 96.1. The average Bonchev–Trinajstić information content (AvgIpc) is 1.66. The summed E-state index contributed by atoms with van der Waals surface area (Å²) < 4.78 is 11.5. The Kier molecular flexibility index (Phi) is 59.1. The second-order valence-corrected chi connectivity index (χ2v) is 40.8. The Balaban J connectivity index is -0.00000160. The van der Waals surface area contributed by atoms with E-state index in [9.17, 15) is 43.2 Å². The summed E-state index contributed by atoms with van der Waals surface area (Å²) in [7, 11) is 11.5. The van der Waals surface area contributed by atoms with E-state index in [0.717, 1.165) is 117 Å². The van der Waals surface area contributed by atoms with Crippen molar-refractivity contribution in [3.05, 3.63) is 303 Å². The molecule has 8 amide bonds. The van der Waals surface area contributed by atoms with Gasteiger partial charge in [0, 0.05) is 86.2 Å². The molecule has 5 heterocycles. The van der Waals surface area contributed by atoms with E-state index < -0.39 is 45.2 Å². The number of hydrogen-bond acceptors (Lipinski definition) is 19. The minimum Gasteiger partial charge on any atom is -1.00 e. The van der Waals surface area contributed by atoms with E-state index >= 15 is 0 Å². The number of carboxylic acids is 1. The molecule has 6 atom stereocenters. The van der Waals surface area contributed by atoms with Crippen LogP contribution in [0.4, 0.5) is 9.50 Å². The van der Waals surface area contributed by atoms with Gasteiger partial charge in [-0.3, -0.25) is 68.0 Å². The number of ether oxygens (including phenoxy) is 1. The van der Waals surface area contributed by atoms with Crippen LogP contribution >= 0.6 is 108 Å². The molecule has 777 valence electrons. The van der Waals surface area contributed by atoms with Crippen LogP contribution in [-0.2, 0) is 94.6 Å². The second-order valence-electron chi connectivity index (χ2n) is 34.9. The van der Waals surface area contributed by atoms with Crippen molar-refractivity contribution in [2.24, 2.45) is 37.9 Å². The molecular formula is C106H139BBr7FMgN15O12S. The predicted octanol–water partition coefficient (Wildman–Crippen LogP) is 16.6. The van der Waals surface area contributed by atoms with Crippen LogP contribution in [0.1, 0.15) is 162 Å². The Morgan fingerprint density at radius 1 is 0.465 bits per heavy atom. The number of Topliss-reactive ketones (excluding diaryl/α,β-unsaturated/α-hetero) is 1. The number of guanidine groups is 3. The van der Waals surface area contributed by atoms with Crippen LogP contribution in [0.2, 0.25) is 0 Å². The van der Waals surface area contributed by atoms with Gasteiger partial charge in [0.25, 0.3) is 29.5 Å². The third kappa shape index (κ3) is 42.1. The van der Waals surface area contributed by atoms with Crippen LogP contribution in [0.3, 0.4) is 0 Å². The molecule has 14 rings (SSSR count). The molecule has 9 aromatic carbocycles. The number of amides is 8. The Labute approximate surface area is 936 Å². The standard InChI is InChI=1S/C20H23N3O2.C13H16BrN3O.C13H15BrN2OS.C13H17N3O.C12H13BrN2O2.2C11H14BrNO2.C10H11BrO.2CH4.CH3.B.BrH.FH.Mg.2H2/c1-20(18(24)23(2)19(21)22-20)11-10-14-6-4-7-15(12-14)16-8-5-9-17(13-16)25-3;1-13(11(18)17(2)12(15)16-13)7-6-9-4-3-5-10(14)8-9;1-13(11(17)16(2)12(18)15-13)7-6-9-4-3-5-10(14)8-9;1-13(11(17)16(2)12(14)15-13)9-8-10-6-4-3-5-7-10;1-12(10(16)14-11(17)15-12)6-5-8-3-2-4-9(13)7-8;1-13(15-2)11(14)7-6-9-4-3-5-10(12)8-9;1-11(13,10(14)15)6-5-8-3-2-4-9(12)7-8;1-8(12)5-6-9-3-2-4-10(11)7-9;;;;;;;;;/h4-9,12-13H,10-11H2,1-3H3,(H2,21,22);3-5,8H,6-7H2,1-2H3,(H2,15,16);3-5,8H,6-7H2,1-2H3,(H,15,18);3-7H,8-9H2,1-2H3,(H2,14,15);2-4,7H,5-6H2,1H3,(H2,14,15,16,17);3-5,8H,6-7H2,1-2H3;2-4,7H,5-6,13H2,1H3,(H,14,15);2-4,7H,5-6H2,1H3;2*1H4;1H3;;2*1H;;2*1H/q;;;;;;;;;;-1;;;;+2;;/p-1/i;;;;;;;;;;;;;;;1+1;. The van der Waals surface area contributed by atoms with Crippen molar-refractivity contribution in [2.45, 2.75) is 199 Å². The number of carbonyl (C=O) groups excluding carboxylic acids is 8. The second kappa shape index (κ2) is 63.3. The number of methoxy groups -OCH3 is 1. The van der Waals surface area contributed by atoms with Crippen molar-refractivity contribution in [1.82, 2.24) is 40.6 Å². The quantitative estimate of drug-likeness (QED) is 0.00742. The van der Waals surface area contributed by atoms with Gasteiger partial charge in [0.1, 0.15) is 44.8 Å². The first-order valence-corrected chi connectivity index (χ1v) is 49.4. The number of nitrogens with two attached hydrogens (primary N) is 4. The van der Waals surface area contributed by atoms with E-state index in [1.165, 1.54) is 61.0 Å². The molecule has 0 aromatic heterocycles. The molecule has 27 nitrogen and oxygen atoms in total. The molecule has 12 N–H and O–H groups in total. The van der Waals surface area contributed by atoms with Gasteiger partial charge in [-0.1, -0.05) is 250 Å². The van der Waals surface area contributed by atoms with Gasteiger partial charge in [-0.25, -0.2) is 24.8 Å². The maximum absolute atomic E-state index is 12.3. The molecular weight excluding hydrogens is 2320 g/mol. The maximum Gasteiger partial charge on any atom is 2.00 e. The van der Waals surface area contributed by atoms with Gasteiger partial charge in [-0.15, -0.1) is 0 Å². The molecule has 0 spiro atoms. The summed E-state index contributed by atoms with van der Waals surface area (Å²) in [6, 6.07) is 73.9. The number of nitrogens with zero attached hydrogens (tertiary/aromatic N) is 8. The number of aliphatic imine (C=N–C) groups is 3. The number of halogens is 8. The monoisotopic (exact) mass is 2450 g/mol. The SMILES string of the molecule is C.C.CC(=O)CCc1cccc(Br)c1.CC(N)(CCc1cccc(Br)c1)C(=O)O.CC1(CCc2cccc(Br)c2)NC(=O)NC1=O.CN1C(=O)C(C)(CCc2cccc(Br)c2)N=C1N.CN1C(=O)C(C)(CCc2cccc(Br)c2)NC1=S.CN1C(=O)C(C)(CCc2ccccc2)N=C1N.CON(C)C(=O)CCc1cccc(Br)c1.COc1cccc(-c2cccc(CCC3(C)N=C(N)N(C)C3=O)c2)c1.F.[2HH].[B].[Br-].[CH3-].[HH].[Mg+2]. The smallest absolute Gasteiger partial charge is 1.00 e. The van der Waals surface area contributed by atoms with Crippen molar-refractivity contribution >= 4 is 215 Å². The van der Waals surface area contributed by atoms with Crippen LogP contribution in [0.5, 0.6) is 5.75 Å². The summed E-state index contributed by atoms with van der Waals surface area (Å²) in [5.74, 6) is 0.694. The fourth-order valence-electron chi connectivity index (χ4n) is 14.6. The number of thiocarbonyl (C=S) groups is 1. The fraction of sp³-hybridized carbons (Fsp3) is 0.358. The zero-order valence-electron chi connectivity index (χ0n) is 82.7. The number of urea groups is 1. The molecule has 2 saturated heterocycles. The molecule has 6 unspecified atom stereocenters. The number of nitrogens with one attached hydrogen (secondary N) is 3. The van der Waals surface area contributed by atoms with Crippen molar-refractivity contribution in [1.29, 1.82) is 0 Å². The molecule has 9 aromatic rings. The van der Waals surface area contributed by atoms with Gasteiger partial charge in [0.2, 0.25) is 5.91 Å². The van der Waals surface area contributed by atoms with Gasteiger partial charge < -0.3 is 72.6 Å². The Morgan fingerprint density at radius 2 is 0.778 bits per heavy atom. The number of ketones is 1. The van der Waals surface area contributed by atoms with E-state index in [4.69, 9.17) is 49.8 Å². The van der Waals surface area contributed by atoms with Gasteiger partial charge in [-0.2, -0.15) is 0 Å². The topological polar surface area (TPSA) is 386 Å². The average molecular weight is 2460 g/mol. The summed E-state index contributed by atoms with van der Waals surface area (Å²) in [4.78, 5) is 128. The van der Waals surface area contributed by atoms with Crippen molar-refractivity contribution < 1.29 is 82.4 Å². The van der Waals surface area contributed by atoms with Gasteiger partial charge in [0.15, 0.2) is 23.0 Å². The summed E-state index contributed by atoms with van der Waals surface area (Å²) in [5.41, 5.74) is 29.6. The number of likely N-dealkylation sites (N-methyl/N-ethyl adjacent to an activating group) is 4. The molecule has 0 bridgehead atoms. The van der Waals surface area contributed by atoms with Crippen molar-refractivity contribution in [3.8, 4) is 16.9 Å². The van der Waals surface area contributed by atoms with Gasteiger partial charge in [-0.05, 0) is 291 Å². The number of benzene rings is 9. The minimum atomic E-state index is -1.15. The molecule has 0 saturated carbocycles.